The Balaban J connectivity index is 1.58. The first-order valence-electron chi connectivity index (χ1n) is 12.3. The summed E-state index contributed by atoms with van der Waals surface area (Å²) in [6, 6.07) is 13.1. The van der Waals surface area contributed by atoms with Crippen molar-refractivity contribution in [2.75, 3.05) is 6.61 Å². The van der Waals surface area contributed by atoms with Crippen LogP contribution < -0.4 is 19.6 Å². The Morgan fingerprint density at radius 2 is 2.02 bits per heavy atom. The van der Waals surface area contributed by atoms with E-state index in [4.69, 9.17) is 9.47 Å². The molecule has 2 aromatic heterocycles. The third-order valence-electron chi connectivity index (χ3n) is 6.18. The van der Waals surface area contributed by atoms with Gasteiger partial charge in [-0.3, -0.25) is 19.5 Å². The zero-order valence-corrected chi connectivity index (χ0v) is 27.0. The number of non-ortho nitro benzene ring substituents is 1. The molecular formula is C28H21BrIN3O6S2. The predicted octanol–water partition coefficient (Wildman–Crippen LogP) is 5.71. The largest absolute Gasteiger partial charge is 0.487 e. The van der Waals surface area contributed by atoms with Gasteiger partial charge in [-0.1, -0.05) is 33.3 Å². The van der Waals surface area contributed by atoms with E-state index in [0.29, 0.717) is 31.9 Å². The van der Waals surface area contributed by atoms with Crippen LogP contribution in [0.4, 0.5) is 5.69 Å². The fourth-order valence-corrected chi connectivity index (χ4v) is 7.93. The first-order valence-corrected chi connectivity index (χ1v) is 15.8. The van der Waals surface area contributed by atoms with Gasteiger partial charge in [-0.25, -0.2) is 9.79 Å². The molecule has 0 radical (unpaired) electrons. The molecule has 0 saturated carbocycles. The smallest absolute Gasteiger partial charge is 0.338 e. The third-order valence-corrected chi connectivity index (χ3v) is 9.35. The highest BCUT2D eigenvalue weighted by Crippen LogP contribution is 2.34. The number of fused-ring (bicyclic) bond motifs is 1. The molecule has 0 spiro atoms. The van der Waals surface area contributed by atoms with Crippen molar-refractivity contribution in [3.8, 4) is 5.75 Å². The second kappa shape index (κ2) is 12.4. The number of carbonyl (C=O) groups excluding carboxylic acids is 1. The number of thiophene rings is 1. The van der Waals surface area contributed by atoms with Crippen LogP contribution in [0.3, 0.4) is 0 Å². The molecule has 0 fully saturated rings. The molecule has 13 heteroatoms. The summed E-state index contributed by atoms with van der Waals surface area (Å²) in [7, 11) is 0. The standard InChI is InChI=1S/C28H21BrIN3O6S2/c1-3-38-27(35)23-15(2)31-28-32(24(23)21-5-4-10-40-21)26(34)22(41-28)12-17-11-18(29)13-20(30)25(17)39-14-16-6-8-19(9-7-16)33(36)37/h4-13,24H,3,14H2,1-2H3/b22-12-/t24-/m1/s1. The minimum Gasteiger partial charge on any atom is -0.487 e. The van der Waals surface area contributed by atoms with Crippen molar-refractivity contribution >= 4 is 78.9 Å². The Hall–Kier alpha value is -3.14. The van der Waals surface area contributed by atoms with Crippen molar-refractivity contribution in [1.82, 2.24) is 4.57 Å². The van der Waals surface area contributed by atoms with Crippen LogP contribution in [0.5, 0.6) is 5.75 Å². The molecule has 1 aliphatic heterocycles. The summed E-state index contributed by atoms with van der Waals surface area (Å²) in [5.74, 6) is 0.0705. The minimum absolute atomic E-state index is 0.00485. The highest BCUT2D eigenvalue weighted by Gasteiger charge is 2.34. The number of nitro groups is 1. The number of hydrogen-bond donors (Lipinski definition) is 0. The first kappa shape index (κ1) is 29.4. The number of hydrogen-bond acceptors (Lipinski definition) is 9. The Morgan fingerprint density at radius 1 is 1.27 bits per heavy atom. The summed E-state index contributed by atoms with van der Waals surface area (Å²) in [4.78, 5) is 43.4. The number of aromatic nitrogens is 1. The quantitative estimate of drug-likeness (QED) is 0.0983. The lowest BCUT2D eigenvalue weighted by Crippen LogP contribution is -2.39. The van der Waals surface area contributed by atoms with Crippen molar-refractivity contribution in [2.45, 2.75) is 26.5 Å². The van der Waals surface area contributed by atoms with Gasteiger partial charge in [0.25, 0.3) is 11.2 Å². The van der Waals surface area contributed by atoms with E-state index in [1.165, 1.54) is 34.8 Å². The maximum absolute atomic E-state index is 13.9. The molecule has 0 N–H and O–H groups in total. The van der Waals surface area contributed by atoms with Crippen LogP contribution in [0, 0.1) is 13.7 Å². The molecule has 0 bridgehead atoms. The molecule has 0 aliphatic carbocycles. The lowest BCUT2D eigenvalue weighted by molar-refractivity contribution is -0.384. The van der Waals surface area contributed by atoms with Crippen LogP contribution in [0.25, 0.3) is 6.08 Å². The molecule has 1 aliphatic rings. The van der Waals surface area contributed by atoms with Crippen molar-refractivity contribution in [1.29, 1.82) is 0 Å². The Morgan fingerprint density at radius 3 is 2.68 bits per heavy atom. The van der Waals surface area contributed by atoms with Gasteiger partial charge in [-0.2, -0.15) is 0 Å². The summed E-state index contributed by atoms with van der Waals surface area (Å²) in [5.41, 5.74) is 2.02. The molecule has 210 valence electrons. The van der Waals surface area contributed by atoms with Gasteiger partial charge >= 0.3 is 5.97 Å². The van der Waals surface area contributed by atoms with Crippen molar-refractivity contribution in [3.63, 3.8) is 0 Å². The second-order valence-corrected chi connectivity index (χ2v) is 12.9. The number of carbonyl (C=O) groups is 1. The van der Waals surface area contributed by atoms with Crippen LogP contribution in [-0.4, -0.2) is 22.1 Å². The van der Waals surface area contributed by atoms with Crippen molar-refractivity contribution < 1.29 is 19.2 Å². The lowest BCUT2D eigenvalue weighted by atomic mass is 10.0. The van der Waals surface area contributed by atoms with Crippen LogP contribution in [0.2, 0.25) is 0 Å². The number of allylic oxidation sites excluding steroid dienone is 1. The molecule has 4 aromatic rings. The van der Waals surface area contributed by atoms with Gasteiger partial charge < -0.3 is 9.47 Å². The zero-order chi connectivity index (χ0) is 29.3. The van der Waals surface area contributed by atoms with Gasteiger partial charge in [0.05, 0.1) is 30.9 Å². The summed E-state index contributed by atoms with van der Waals surface area (Å²) in [6.45, 7) is 3.88. The summed E-state index contributed by atoms with van der Waals surface area (Å²) in [6.07, 6.45) is 1.76. The molecule has 3 heterocycles. The van der Waals surface area contributed by atoms with E-state index < -0.39 is 16.9 Å². The van der Waals surface area contributed by atoms with E-state index in [0.717, 1.165) is 18.5 Å². The molecule has 5 rings (SSSR count). The van der Waals surface area contributed by atoms with E-state index in [1.54, 1.807) is 36.6 Å². The summed E-state index contributed by atoms with van der Waals surface area (Å²) in [5, 5.41) is 12.9. The fourth-order valence-electron chi connectivity index (χ4n) is 4.36. The Kier molecular flexibility index (Phi) is 8.87. The topological polar surface area (TPSA) is 113 Å². The molecule has 2 aromatic carbocycles. The van der Waals surface area contributed by atoms with Crippen molar-refractivity contribution in [2.24, 2.45) is 4.99 Å². The van der Waals surface area contributed by atoms with Gasteiger partial charge in [-0.15, -0.1) is 11.3 Å². The number of rotatable bonds is 8. The molecule has 41 heavy (non-hydrogen) atoms. The fraction of sp³-hybridized carbons (Fsp3) is 0.179. The van der Waals surface area contributed by atoms with Crippen LogP contribution >= 0.6 is 61.2 Å². The summed E-state index contributed by atoms with van der Waals surface area (Å²) >= 11 is 8.40. The summed E-state index contributed by atoms with van der Waals surface area (Å²) < 4.78 is 15.1. The van der Waals surface area contributed by atoms with Crippen molar-refractivity contribution in [3.05, 3.63) is 119 Å². The van der Waals surface area contributed by atoms with Gasteiger partial charge in [0.15, 0.2) is 4.80 Å². The highest BCUT2D eigenvalue weighted by atomic mass is 127. The van der Waals surface area contributed by atoms with Crippen LogP contribution in [0.1, 0.15) is 35.9 Å². The second-order valence-electron chi connectivity index (χ2n) is 8.84. The van der Waals surface area contributed by atoms with Gasteiger partial charge in [0.2, 0.25) is 0 Å². The number of halogens is 2. The van der Waals surface area contributed by atoms with E-state index in [1.807, 2.05) is 29.6 Å². The molecule has 1 atom stereocenters. The van der Waals surface area contributed by atoms with E-state index in [2.05, 4.69) is 43.5 Å². The maximum Gasteiger partial charge on any atom is 0.338 e. The lowest BCUT2D eigenvalue weighted by Gasteiger charge is -2.23. The number of esters is 1. The molecular weight excluding hydrogens is 745 g/mol. The van der Waals surface area contributed by atoms with E-state index in [9.17, 15) is 19.7 Å². The maximum atomic E-state index is 13.9. The Labute approximate surface area is 263 Å². The van der Waals surface area contributed by atoms with Gasteiger partial charge in [0.1, 0.15) is 18.4 Å². The number of nitrogens with zero attached hydrogens (tertiary/aromatic N) is 3. The Bertz CT molecular complexity index is 1860. The number of benzene rings is 2. The first-order chi connectivity index (χ1) is 19.7. The molecule has 0 saturated heterocycles. The highest BCUT2D eigenvalue weighted by molar-refractivity contribution is 14.1. The third kappa shape index (κ3) is 6.08. The van der Waals surface area contributed by atoms with Gasteiger partial charge in [-0.05, 0) is 83.8 Å². The average molecular weight is 766 g/mol. The zero-order valence-electron chi connectivity index (χ0n) is 21.6. The molecule has 0 unspecified atom stereocenters. The van der Waals surface area contributed by atoms with E-state index >= 15 is 0 Å². The van der Waals surface area contributed by atoms with E-state index in [-0.39, 0.29) is 24.5 Å². The average Bonchev–Trinajstić information content (AvgIpc) is 3.56. The number of ether oxygens (including phenoxy) is 2. The number of thiazole rings is 1. The minimum atomic E-state index is -0.645. The monoisotopic (exact) mass is 765 g/mol. The SMILES string of the molecule is CCOC(=O)C1=C(C)N=c2s/c(=C\c3cc(Br)cc(I)c3OCc3ccc([N+](=O)[O-])cc3)c(=O)n2[C@@H]1c1cccs1. The van der Waals surface area contributed by atoms with Crippen LogP contribution in [-0.2, 0) is 16.1 Å². The molecule has 9 nitrogen and oxygen atoms in total. The molecule has 0 amide bonds. The van der Waals surface area contributed by atoms with Gasteiger partial charge in [0, 0.05) is 27.0 Å². The van der Waals surface area contributed by atoms with Crippen LogP contribution in [0.15, 0.2) is 79.4 Å². The predicted molar refractivity (Wildman–Crippen MR) is 169 cm³/mol. The normalized spacial score (nSPS) is 14.9. The number of nitro benzene ring substituents is 1.